The van der Waals surface area contributed by atoms with Crippen LogP contribution in [0.5, 0.6) is 11.5 Å². The van der Waals surface area contributed by atoms with E-state index in [0.29, 0.717) is 11.3 Å². The molecular weight excluding hydrogens is 320 g/mol. The summed E-state index contributed by atoms with van der Waals surface area (Å²) in [5, 5.41) is 11.8. The molecule has 0 spiro atoms. The van der Waals surface area contributed by atoms with Gasteiger partial charge < -0.3 is 9.84 Å². The van der Waals surface area contributed by atoms with E-state index in [1.54, 1.807) is 35.6 Å². The number of thiophene rings is 1. The van der Waals surface area contributed by atoms with Crippen molar-refractivity contribution < 1.29 is 14.6 Å². The van der Waals surface area contributed by atoms with Gasteiger partial charge in [-0.15, -0.1) is 11.3 Å². The minimum Gasteiger partial charge on any atom is -0.504 e. The van der Waals surface area contributed by atoms with E-state index in [2.05, 4.69) is 6.07 Å². The van der Waals surface area contributed by atoms with Crippen molar-refractivity contribution in [2.75, 3.05) is 7.11 Å². The molecule has 0 amide bonds. The number of methoxy groups -OCH3 is 1. The highest BCUT2D eigenvalue weighted by Crippen LogP contribution is 2.27. The number of phenolic OH excluding ortho intramolecular Hbond substituents is 1. The van der Waals surface area contributed by atoms with Crippen LogP contribution in [0.15, 0.2) is 66.1 Å². The quantitative estimate of drug-likeness (QED) is 0.525. The lowest BCUT2D eigenvalue weighted by atomic mass is 10.1. The Kier molecular flexibility index (Phi) is 4.77. The third-order valence-corrected chi connectivity index (χ3v) is 4.52. The average molecular weight is 336 g/mol. The maximum atomic E-state index is 12.3. The number of rotatable bonds is 5. The minimum absolute atomic E-state index is 0.0485. The van der Waals surface area contributed by atoms with Crippen LogP contribution in [0.3, 0.4) is 0 Å². The molecule has 3 nitrogen and oxygen atoms in total. The summed E-state index contributed by atoms with van der Waals surface area (Å²) in [7, 11) is 1.49. The van der Waals surface area contributed by atoms with Crippen molar-refractivity contribution >= 4 is 23.2 Å². The predicted octanol–water partition coefficient (Wildman–Crippen LogP) is 5.03. The lowest BCUT2D eigenvalue weighted by molar-refractivity contribution is 0.104. The molecule has 0 bridgehead atoms. The van der Waals surface area contributed by atoms with Crippen LogP contribution in [0.2, 0.25) is 0 Å². The number of allylic oxidation sites excluding steroid dienone is 1. The van der Waals surface area contributed by atoms with Crippen LogP contribution in [-0.4, -0.2) is 18.0 Å². The van der Waals surface area contributed by atoms with E-state index in [-0.39, 0.29) is 11.5 Å². The Morgan fingerprint density at radius 1 is 1.12 bits per heavy atom. The van der Waals surface area contributed by atoms with Gasteiger partial charge in [-0.05, 0) is 40.8 Å². The number of carbonyl (C=O) groups excluding carboxylic acids is 1. The maximum Gasteiger partial charge on any atom is 0.185 e. The van der Waals surface area contributed by atoms with Gasteiger partial charge in [-0.2, -0.15) is 0 Å². The summed E-state index contributed by atoms with van der Waals surface area (Å²) in [6, 6.07) is 16.6. The van der Waals surface area contributed by atoms with Crippen molar-refractivity contribution in [1.82, 2.24) is 0 Å². The van der Waals surface area contributed by atoms with Gasteiger partial charge in [0.2, 0.25) is 0 Å². The Bertz CT molecular complexity index is 862. The molecule has 1 aromatic heterocycles. The van der Waals surface area contributed by atoms with Crippen molar-refractivity contribution in [3.8, 4) is 21.9 Å². The molecule has 0 radical (unpaired) electrons. The van der Waals surface area contributed by atoms with E-state index in [1.807, 2.05) is 35.7 Å². The molecule has 0 saturated heterocycles. The van der Waals surface area contributed by atoms with Gasteiger partial charge in [0.1, 0.15) is 0 Å². The highest BCUT2D eigenvalue weighted by atomic mass is 32.1. The van der Waals surface area contributed by atoms with Gasteiger partial charge >= 0.3 is 0 Å². The molecule has 4 heteroatoms. The molecule has 1 heterocycles. The lowest BCUT2D eigenvalue weighted by Gasteiger charge is -2.03. The zero-order valence-electron chi connectivity index (χ0n) is 13.1. The molecule has 1 N–H and O–H groups in total. The number of hydrogen-bond acceptors (Lipinski definition) is 4. The molecule has 3 aromatic rings. The first-order chi connectivity index (χ1) is 11.7. The van der Waals surface area contributed by atoms with E-state index in [9.17, 15) is 9.90 Å². The molecule has 0 unspecified atom stereocenters. The fraction of sp³-hybridized carbons (Fsp3) is 0.0500. The molecule has 0 fully saturated rings. The van der Waals surface area contributed by atoms with Gasteiger partial charge in [0.25, 0.3) is 0 Å². The maximum absolute atomic E-state index is 12.3. The Balaban J connectivity index is 1.73. The highest BCUT2D eigenvalue weighted by molar-refractivity contribution is 7.13. The number of hydrogen-bond donors (Lipinski definition) is 1. The third kappa shape index (κ3) is 3.55. The number of carbonyl (C=O) groups is 1. The van der Waals surface area contributed by atoms with Crippen LogP contribution < -0.4 is 4.74 Å². The molecule has 0 atom stereocenters. The van der Waals surface area contributed by atoms with Crippen molar-refractivity contribution in [1.29, 1.82) is 0 Å². The number of phenols is 1. The molecule has 0 saturated carbocycles. The Morgan fingerprint density at radius 2 is 1.92 bits per heavy atom. The second-order valence-corrected chi connectivity index (χ2v) is 6.13. The van der Waals surface area contributed by atoms with Crippen molar-refractivity contribution in [2.45, 2.75) is 0 Å². The first kappa shape index (κ1) is 16.0. The summed E-state index contributed by atoms with van der Waals surface area (Å²) in [5.41, 5.74) is 2.46. The molecule has 24 heavy (non-hydrogen) atoms. The zero-order chi connectivity index (χ0) is 16.9. The second-order valence-electron chi connectivity index (χ2n) is 5.18. The molecule has 0 aliphatic heterocycles. The first-order valence-corrected chi connectivity index (χ1v) is 8.29. The lowest BCUT2D eigenvalue weighted by Crippen LogP contribution is -1.93. The smallest absolute Gasteiger partial charge is 0.185 e. The van der Waals surface area contributed by atoms with Gasteiger partial charge in [0.05, 0.1) is 7.11 Å². The zero-order valence-corrected chi connectivity index (χ0v) is 13.9. The first-order valence-electron chi connectivity index (χ1n) is 7.41. The summed E-state index contributed by atoms with van der Waals surface area (Å²) >= 11 is 1.67. The Labute approximate surface area is 144 Å². The van der Waals surface area contributed by atoms with Crippen LogP contribution >= 0.6 is 11.3 Å². The number of benzene rings is 2. The average Bonchev–Trinajstić information content (AvgIpc) is 3.14. The predicted molar refractivity (Wildman–Crippen MR) is 97.8 cm³/mol. The third-order valence-electron chi connectivity index (χ3n) is 3.61. The van der Waals surface area contributed by atoms with Crippen LogP contribution in [0.1, 0.15) is 15.9 Å². The normalized spacial score (nSPS) is 10.9. The van der Waals surface area contributed by atoms with Gasteiger partial charge in [0.15, 0.2) is 17.3 Å². The molecule has 0 aliphatic rings. The van der Waals surface area contributed by atoms with Crippen LogP contribution in [0, 0.1) is 0 Å². The molecule has 0 aliphatic carbocycles. The number of ketones is 1. The summed E-state index contributed by atoms with van der Waals surface area (Å²) in [6.45, 7) is 0. The minimum atomic E-state index is -0.0805. The Morgan fingerprint density at radius 3 is 2.54 bits per heavy atom. The van der Waals surface area contributed by atoms with E-state index >= 15 is 0 Å². The SMILES string of the molecule is COc1ccc(C=CC(=O)c2ccc(-c3cccs3)cc2)cc1O. The topological polar surface area (TPSA) is 46.5 Å². The number of aromatic hydroxyl groups is 1. The Hall–Kier alpha value is -2.85. The molecule has 3 rings (SSSR count). The van der Waals surface area contributed by atoms with E-state index < -0.39 is 0 Å². The van der Waals surface area contributed by atoms with Crippen molar-refractivity contribution in [3.05, 3.63) is 77.2 Å². The largest absolute Gasteiger partial charge is 0.504 e. The molecule has 120 valence electrons. The highest BCUT2D eigenvalue weighted by Gasteiger charge is 2.05. The van der Waals surface area contributed by atoms with E-state index in [1.165, 1.54) is 18.1 Å². The van der Waals surface area contributed by atoms with Crippen LogP contribution in [0.25, 0.3) is 16.5 Å². The standard InChI is InChI=1S/C20H16O3S/c1-23-19-11-5-14(13-18(19)22)4-10-17(21)15-6-8-16(9-7-15)20-3-2-12-24-20/h2-13,22H,1H3. The fourth-order valence-electron chi connectivity index (χ4n) is 2.32. The van der Waals surface area contributed by atoms with E-state index in [4.69, 9.17) is 4.74 Å². The summed E-state index contributed by atoms with van der Waals surface area (Å²) < 4.78 is 5.00. The van der Waals surface area contributed by atoms with Gasteiger partial charge in [-0.3, -0.25) is 4.79 Å². The molecular formula is C20H16O3S. The monoisotopic (exact) mass is 336 g/mol. The van der Waals surface area contributed by atoms with Crippen molar-refractivity contribution in [2.24, 2.45) is 0 Å². The summed E-state index contributed by atoms with van der Waals surface area (Å²) in [4.78, 5) is 13.4. The number of ether oxygens (including phenoxy) is 1. The van der Waals surface area contributed by atoms with Gasteiger partial charge in [0, 0.05) is 10.4 Å². The summed E-state index contributed by atoms with van der Waals surface area (Å²) in [6.07, 6.45) is 3.18. The summed E-state index contributed by atoms with van der Waals surface area (Å²) in [5.74, 6) is 0.373. The molecule has 2 aromatic carbocycles. The fourth-order valence-corrected chi connectivity index (χ4v) is 3.05. The second kappa shape index (κ2) is 7.15. The van der Waals surface area contributed by atoms with Crippen LogP contribution in [-0.2, 0) is 0 Å². The van der Waals surface area contributed by atoms with E-state index in [0.717, 1.165) is 11.1 Å². The van der Waals surface area contributed by atoms with Gasteiger partial charge in [-0.25, -0.2) is 0 Å². The van der Waals surface area contributed by atoms with Gasteiger partial charge in [-0.1, -0.05) is 42.5 Å². The van der Waals surface area contributed by atoms with Crippen molar-refractivity contribution in [3.63, 3.8) is 0 Å². The van der Waals surface area contributed by atoms with Crippen LogP contribution in [0.4, 0.5) is 0 Å².